The molecule has 7 unspecified atom stereocenters. The molecule has 16 atom stereocenters. The Hall–Kier alpha value is 1.18. The second-order valence-electron chi connectivity index (χ2n) is 18.9. The smallest absolute Gasteiger partial charge is 0.109 e. The number of hydrogen-bond acceptors (Lipinski definition) is 11. The predicted octanol–water partition coefficient (Wildman–Crippen LogP) is 11.1. The molecule has 11 nitrogen and oxygen atoms in total. The van der Waals surface area contributed by atoms with E-state index in [9.17, 15) is 37.6 Å². The van der Waals surface area contributed by atoms with Crippen LogP contribution in [0.2, 0.25) is 0 Å². The van der Waals surface area contributed by atoms with Crippen LogP contribution >= 0.6 is 42.9 Å². The van der Waals surface area contributed by atoms with Crippen LogP contribution in [0.4, 0.5) is 0 Å². The van der Waals surface area contributed by atoms with Crippen molar-refractivity contribution < 1.29 is 51.8 Å². The largest absolute Gasteiger partial charge is 0.388 e. The fourth-order valence-corrected chi connectivity index (χ4v) is 35.0. The van der Waals surface area contributed by atoms with Crippen molar-refractivity contribution in [3.8, 4) is 0 Å². The first kappa shape index (κ1) is 59.3. The Morgan fingerprint density at radius 1 is 0.429 bits per heavy atom. The molecule has 3 rings (SSSR count). The van der Waals surface area contributed by atoms with Crippen LogP contribution < -0.4 is 0 Å². The summed E-state index contributed by atoms with van der Waals surface area (Å²) < 4.78 is 91.6. The maximum absolute atomic E-state index is 12.8. The van der Waals surface area contributed by atoms with Gasteiger partial charge in [0.25, 0.3) is 0 Å². The molecule has 3 saturated heterocycles. The molecule has 0 aromatic heterocycles. The van der Waals surface area contributed by atoms with Crippen molar-refractivity contribution >= 4 is 42.9 Å². The molecule has 17 heteroatoms. The first-order valence-electron chi connectivity index (χ1n) is 19.7. The molecule has 0 saturated carbocycles. The Labute approximate surface area is 344 Å². The summed E-state index contributed by atoms with van der Waals surface area (Å²) in [6.45, 7) is 30.2. The molecule has 0 aromatic carbocycles. The number of rotatable bonds is 15. The topological polar surface area (TPSA) is 171 Å². The summed E-state index contributed by atoms with van der Waals surface area (Å²) in [5.74, 6) is 3.16. The van der Waals surface area contributed by atoms with Crippen molar-refractivity contribution in [3.63, 3.8) is 0 Å². The van der Waals surface area contributed by atoms with E-state index < -0.39 is 67.3 Å². The fourth-order valence-electron chi connectivity index (χ4n) is 8.29. The predicted molar refractivity (Wildman–Crippen MR) is 247 cm³/mol. The average Bonchev–Trinajstić information content (AvgIpc) is 3.47. The summed E-state index contributed by atoms with van der Waals surface area (Å²) in [5, 5.41) is 19.5. The lowest BCUT2D eigenvalue weighted by Gasteiger charge is -2.23. The Balaban J connectivity index is 0. The summed E-state index contributed by atoms with van der Waals surface area (Å²) in [4.78, 5) is 0. The van der Waals surface area contributed by atoms with Crippen LogP contribution in [0.1, 0.15) is 89.5 Å². The van der Waals surface area contributed by atoms with Gasteiger partial charge in [-0.3, -0.25) is 0 Å². The zero-order valence-electron chi connectivity index (χ0n) is 36.5. The quantitative estimate of drug-likeness (QED) is 0.150. The minimum atomic E-state index is -2.72. The molecular weight excluding hydrogens is 830 g/mol. The first-order valence-corrected chi connectivity index (χ1v) is 35.4. The lowest BCUT2D eigenvalue weighted by atomic mass is 9.90. The van der Waals surface area contributed by atoms with Crippen LogP contribution in [0.5, 0.6) is 0 Å². The van der Waals surface area contributed by atoms with E-state index in [1.165, 1.54) is 0 Å². The Kier molecular flexibility index (Phi) is 25.0. The SMILES string of the molecule is C.C.CC1[C@H](C)O[C@H](CCP(C)(=O)CP(C)(=O)CP(C)(C)=O)[C@@H]1C.CC[C@H]1O[C@@H](C)C(C)[C@H]1C.C[C@@H]1O[C@H](CCP(C)(=O)CP(C)(=O)CP(C)(C)=O)[C@H](O)C1O. The minimum Gasteiger partial charge on any atom is -0.388 e. The summed E-state index contributed by atoms with van der Waals surface area (Å²) in [6, 6.07) is 0. The van der Waals surface area contributed by atoms with Crippen LogP contribution in [-0.4, -0.2) is 148 Å². The van der Waals surface area contributed by atoms with E-state index in [4.69, 9.17) is 14.2 Å². The van der Waals surface area contributed by atoms with Crippen LogP contribution in [0.15, 0.2) is 0 Å². The minimum absolute atomic E-state index is 0. The molecule has 0 bridgehead atoms. The van der Waals surface area contributed by atoms with Gasteiger partial charge in [0.05, 0.1) is 103 Å². The molecule has 0 aliphatic carbocycles. The number of hydrogen-bond donors (Lipinski definition) is 2. The van der Waals surface area contributed by atoms with Gasteiger partial charge in [-0.25, -0.2) is 0 Å². The Morgan fingerprint density at radius 2 is 0.750 bits per heavy atom. The highest BCUT2D eigenvalue weighted by Gasteiger charge is 2.42. The van der Waals surface area contributed by atoms with E-state index in [-0.39, 0.29) is 50.7 Å². The van der Waals surface area contributed by atoms with Crippen molar-refractivity contribution in [2.24, 2.45) is 23.7 Å². The lowest BCUT2D eigenvalue weighted by Crippen LogP contribution is -2.31. The molecule has 3 aliphatic rings. The molecule has 3 heterocycles. The number of aliphatic hydroxyl groups is 2. The Morgan fingerprint density at radius 3 is 1.00 bits per heavy atom. The first-order chi connectivity index (χ1) is 24.1. The van der Waals surface area contributed by atoms with Gasteiger partial charge in [-0.05, 0) is 117 Å². The third kappa shape index (κ3) is 21.3. The molecule has 0 spiro atoms. The molecule has 0 radical (unpaired) electrons. The number of aliphatic hydroxyl groups excluding tert-OH is 2. The van der Waals surface area contributed by atoms with Crippen molar-refractivity contribution in [2.45, 2.75) is 138 Å². The lowest BCUT2D eigenvalue weighted by molar-refractivity contribution is 0.0149. The summed E-state index contributed by atoms with van der Waals surface area (Å²) in [6.07, 6.45) is 1.64. The van der Waals surface area contributed by atoms with Crippen LogP contribution in [-0.2, 0) is 41.6 Å². The van der Waals surface area contributed by atoms with Gasteiger partial charge in [0.2, 0.25) is 0 Å². The van der Waals surface area contributed by atoms with E-state index in [0.717, 1.165) is 24.7 Å². The van der Waals surface area contributed by atoms with Gasteiger partial charge in [-0.1, -0.05) is 49.5 Å². The average molecular weight is 919 g/mol. The summed E-state index contributed by atoms with van der Waals surface area (Å²) in [5.41, 5.74) is 0. The second kappa shape index (κ2) is 23.6. The van der Waals surface area contributed by atoms with Gasteiger partial charge in [0.1, 0.15) is 12.2 Å². The zero-order valence-corrected chi connectivity index (χ0v) is 41.9. The van der Waals surface area contributed by atoms with Gasteiger partial charge >= 0.3 is 0 Å². The van der Waals surface area contributed by atoms with E-state index in [1.54, 1.807) is 60.2 Å². The fraction of sp³-hybridized carbons (Fsp3) is 1.00. The molecule has 3 aliphatic heterocycles. The molecule has 56 heavy (non-hydrogen) atoms. The van der Waals surface area contributed by atoms with Gasteiger partial charge in [0.15, 0.2) is 0 Å². The summed E-state index contributed by atoms with van der Waals surface area (Å²) in [7, 11) is -15.2. The van der Waals surface area contributed by atoms with Crippen molar-refractivity contribution in [1.29, 1.82) is 0 Å². The molecule has 0 amide bonds. The third-order valence-electron chi connectivity index (χ3n) is 11.3. The molecule has 340 valence electrons. The monoisotopic (exact) mass is 918 g/mol. The zero-order chi connectivity index (χ0) is 42.4. The molecular formula is C39H88O11P6. The normalized spacial score (nSPS) is 36.1. The van der Waals surface area contributed by atoms with E-state index in [0.29, 0.717) is 42.8 Å². The van der Waals surface area contributed by atoms with Gasteiger partial charge < -0.3 is 51.8 Å². The second-order valence-corrected chi connectivity index (χ2v) is 41.0. The maximum Gasteiger partial charge on any atom is 0.109 e. The van der Waals surface area contributed by atoms with Crippen LogP contribution in [0.25, 0.3) is 0 Å². The summed E-state index contributed by atoms with van der Waals surface area (Å²) >= 11 is 0. The van der Waals surface area contributed by atoms with E-state index in [2.05, 4.69) is 48.5 Å². The highest BCUT2D eigenvalue weighted by molar-refractivity contribution is 7.87. The molecule has 3 fully saturated rings. The van der Waals surface area contributed by atoms with Crippen LogP contribution in [0.3, 0.4) is 0 Å². The third-order valence-corrected chi connectivity index (χ3v) is 33.6. The van der Waals surface area contributed by atoms with E-state index in [1.807, 2.05) is 0 Å². The Bertz CT molecular complexity index is 1380. The van der Waals surface area contributed by atoms with Crippen LogP contribution in [0, 0.1) is 23.7 Å². The number of ether oxygens (including phenoxy) is 3. The van der Waals surface area contributed by atoms with Crippen molar-refractivity contribution in [3.05, 3.63) is 0 Å². The van der Waals surface area contributed by atoms with Crippen molar-refractivity contribution in [2.75, 3.05) is 89.3 Å². The van der Waals surface area contributed by atoms with Gasteiger partial charge in [-0.15, -0.1) is 0 Å². The highest BCUT2D eigenvalue weighted by atomic mass is 31.2. The molecule has 0 aromatic rings. The molecule has 2 N–H and O–H groups in total. The van der Waals surface area contributed by atoms with Crippen molar-refractivity contribution in [1.82, 2.24) is 0 Å². The van der Waals surface area contributed by atoms with E-state index >= 15 is 0 Å². The maximum atomic E-state index is 12.8. The highest BCUT2D eigenvalue weighted by Crippen LogP contribution is 2.65. The standard InChI is InChI=1S/C15H33O4P3.C13H29O6P3.C9H18O.2CH4/c1-12-13(2)15(19-14(12)3)8-9-21(6,17)11-22(7,18)10-20(4,5)16;1-10-12(14)13(15)11(19-10)6-7-21(4,17)9-22(5,18)8-20(2,3)16;1-5-9-7(3)6(2)8(4)10-9;;/h12-15H,8-11H2,1-7H3;10-15H,6-9H2,1-5H3;6-9H,5H2,1-4H3;2*1H4/t12?,13-,14+,15-,21?,22?;10-,11+,12?,13-,21?,22?;6?,7-,8+,9-;;/m101../s1. The van der Waals surface area contributed by atoms with Gasteiger partial charge in [-0.2, -0.15) is 0 Å². The van der Waals surface area contributed by atoms with Gasteiger partial charge in [0, 0.05) is 12.3 Å².